The molecule has 0 aliphatic rings. The van der Waals surface area contributed by atoms with Crippen LogP contribution in [-0.4, -0.2) is 29.7 Å². The molecule has 0 atom stereocenters. The van der Waals surface area contributed by atoms with E-state index >= 15 is 0 Å². The lowest BCUT2D eigenvalue weighted by molar-refractivity contribution is -0.119. The van der Waals surface area contributed by atoms with Crippen LogP contribution in [0.5, 0.6) is 0 Å². The number of aryl methyl sites for hydroxylation is 1. The van der Waals surface area contributed by atoms with Crippen molar-refractivity contribution >= 4 is 17.5 Å². The molecule has 0 aromatic carbocycles. The van der Waals surface area contributed by atoms with E-state index < -0.39 is 12.7 Å². The predicted octanol–water partition coefficient (Wildman–Crippen LogP) is 2.52. The molecule has 1 aromatic heterocycles. The van der Waals surface area contributed by atoms with Crippen molar-refractivity contribution in [1.82, 2.24) is 9.97 Å². The van der Waals surface area contributed by atoms with Crippen molar-refractivity contribution in [3.63, 3.8) is 0 Å². The minimum atomic E-state index is -4.27. The van der Waals surface area contributed by atoms with Crippen LogP contribution in [0, 0.1) is 6.92 Å². The van der Waals surface area contributed by atoms with Gasteiger partial charge in [-0.1, -0.05) is 0 Å². The molecule has 1 aromatic rings. The largest absolute Gasteiger partial charge is 0.406 e. The average molecular weight is 254 g/mol. The highest BCUT2D eigenvalue weighted by Gasteiger charge is 2.30. The molecule has 0 aliphatic carbocycles. The molecule has 0 saturated heterocycles. The Morgan fingerprint density at radius 1 is 1.44 bits per heavy atom. The van der Waals surface area contributed by atoms with Gasteiger partial charge >= 0.3 is 6.18 Å². The molecular weight excluding hydrogens is 243 g/mol. The number of halogens is 4. The smallest absolute Gasteiger partial charge is 0.335 e. The fourth-order valence-electron chi connectivity index (χ4n) is 1.13. The van der Waals surface area contributed by atoms with Gasteiger partial charge in [0.1, 0.15) is 6.54 Å². The second-order valence-corrected chi connectivity index (χ2v) is 3.65. The second kappa shape index (κ2) is 4.86. The molecule has 7 heteroatoms. The molecule has 1 rings (SSSR count). The van der Waals surface area contributed by atoms with Crippen LogP contribution in [0.1, 0.15) is 11.3 Å². The predicted molar refractivity (Wildman–Crippen MR) is 55.7 cm³/mol. The first-order valence-corrected chi connectivity index (χ1v) is 5.03. The lowest BCUT2D eigenvalue weighted by Gasteiger charge is -2.19. The molecule has 90 valence electrons. The highest BCUT2D eigenvalue weighted by Crippen LogP contribution is 2.19. The summed E-state index contributed by atoms with van der Waals surface area (Å²) in [5.41, 5.74) is 1.31. The summed E-state index contributed by atoms with van der Waals surface area (Å²) < 4.78 is 36.4. The first kappa shape index (κ1) is 13.0. The Hall–Kier alpha value is -1.04. The van der Waals surface area contributed by atoms with E-state index in [4.69, 9.17) is 11.6 Å². The Kier molecular flexibility index (Phi) is 3.96. The summed E-state index contributed by atoms with van der Waals surface area (Å²) in [5.74, 6) is 0.290. The Morgan fingerprint density at radius 3 is 2.50 bits per heavy atom. The molecule has 0 N–H and O–H groups in total. The SMILES string of the molecule is Cc1nc(N(C)CC(F)(F)F)ncc1CCl. The van der Waals surface area contributed by atoms with Crippen molar-refractivity contribution in [2.45, 2.75) is 19.0 Å². The Balaban J connectivity index is 2.85. The number of anilines is 1. The molecule has 0 bridgehead atoms. The second-order valence-electron chi connectivity index (χ2n) is 3.39. The molecule has 0 aliphatic heterocycles. The number of hydrogen-bond acceptors (Lipinski definition) is 3. The van der Waals surface area contributed by atoms with Gasteiger partial charge in [-0.2, -0.15) is 13.2 Å². The zero-order valence-electron chi connectivity index (χ0n) is 8.85. The number of nitrogens with zero attached hydrogens (tertiary/aromatic N) is 3. The van der Waals surface area contributed by atoms with Gasteiger partial charge in [0.2, 0.25) is 5.95 Å². The fourth-order valence-corrected chi connectivity index (χ4v) is 1.40. The highest BCUT2D eigenvalue weighted by atomic mass is 35.5. The minimum Gasteiger partial charge on any atom is -0.335 e. The molecule has 0 unspecified atom stereocenters. The van der Waals surface area contributed by atoms with Crippen molar-refractivity contribution in [3.05, 3.63) is 17.5 Å². The minimum absolute atomic E-state index is 0.0451. The van der Waals surface area contributed by atoms with Crippen LogP contribution in [-0.2, 0) is 5.88 Å². The number of alkyl halides is 4. The summed E-state index contributed by atoms with van der Waals surface area (Å²) in [4.78, 5) is 8.73. The number of aromatic nitrogens is 2. The van der Waals surface area contributed by atoms with Crippen LogP contribution in [0.15, 0.2) is 6.20 Å². The first-order chi connectivity index (χ1) is 7.33. The normalized spacial score (nSPS) is 11.6. The Labute approximate surface area is 96.3 Å². The van der Waals surface area contributed by atoms with Gasteiger partial charge in [-0.05, 0) is 6.92 Å². The molecule has 16 heavy (non-hydrogen) atoms. The fraction of sp³-hybridized carbons (Fsp3) is 0.556. The maximum absolute atomic E-state index is 12.1. The zero-order chi connectivity index (χ0) is 12.3. The van der Waals surface area contributed by atoms with Crippen molar-refractivity contribution in [2.75, 3.05) is 18.5 Å². The third kappa shape index (κ3) is 3.52. The van der Waals surface area contributed by atoms with Gasteiger partial charge in [-0.3, -0.25) is 0 Å². The van der Waals surface area contributed by atoms with E-state index in [1.54, 1.807) is 6.92 Å². The van der Waals surface area contributed by atoms with Crippen molar-refractivity contribution < 1.29 is 13.2 Å². The van der Waals surface area contributed by atoms with Crippen LogP contribution in [0.2, 0.25) is 0 Å². The molecule has 0 fully saturated rings. The van der Waals surface area contributed by atoms with Gasteiger partial charge in [-0.25, -0.2) is 9.97 Å². The van der Waals surface area contributed by atoms with Crippen LogP contribution in [0.4, 0.5) is 19.1 Å². The van der Waals surface area contributed by atoms with E-state index in [-0.39, 0.29) is 11.8 Å². The van der Waals surface area contributed by atoms with Gasteiger partial charge in [0, 0.05) is 24.5 Å². The first-order valence-electron chi connectivity index (χ1n) is 4.50. The van der Waals surface area contributed by atoms with Crippen LogP contribution in [0.25, 0.3) is 0 Å². The highest BCUT2D eigenvalue weighted by molar-refractivity contribution is 6.17. The third-order valence-electron chi connectivity index (χ3n) is 1.97. The van der Waals surface area contributed by atoms with Gasteiger partial charge in [-0.15, -0.1) is 11.6 Å². The van der Waals surface area contributed by atoms with Crippen molar-refractivity contribution in [2.24, 2.45) is 0 Å². The number of rotatable bonds is 3. The molecular formula is C9H11ClF3N3. The molecule has 0 spiro atoms. The van der Waals surface area contributed by atoms with E-state index in [0.29, 0.717) is 11.3 Å². The van der Waals surface area contributed by atoms with Gasteiger partial charge in [0.15, 0.2) is 0 Å². The van der Waals surface area contributed by atoms with E-state index in [0.717, 1.165) is 4.90 Å². The zero-order valence-corrected chi connectivity index (χ0v) is 9.60. The van der Waals surface area contributed by atoms with Crippen LogP contribution >= 0.6 is 11.6 Å². The van der Waals surface area contributed by atoms with E-state index in [2.05, 4.69) is 9.97 Å². The van der Waals surface area contributed by atoms with Gasteiger partial charge in [0.25, 0.3) is 0 Å². The van der Waals surface area contributed by atoms with Gasteiger partial charge in [0.05, 0.1) is 5.88 Å². The maximum Gasteiger partial charge on any atom is 0.406 e. The molecule has 1 heterocycles. The molecule has 0 radical (unpaired) electrons. The lowest BCUT2D eigenvalue weighted by atomic mass is 10.3. The maximum atomic E-state index is 12.1. The monoisotopic (exact) mass is 253 g/mol. The van der Waals surface area contributed by atoms with E-state index in [1.165, 1.54) is 13.2 Å². The standard InChI is InChI=1S/C9H11ClF3N3/c1-6-7(3-10)4-14-8(15-6)16(2)5-9(11,12)13/h4H,3,5H2,1-2H3. The summed E-state index contributed by atoms with van der Waals surface area (Å²) in [7, 11) is 1.29. The van der Waals surface area contributed by atoms with Crippen molar-refractivity contribution in [3.8, 4) is 0 Å². The van der Waals surface area contributed by atoms with Crippen molar-refractivity contribution in [1.29, 1.82) is 0 Å². The lowest BCUT2D eigenvalue weighted by Crippen LogP contribution is -2.32. The summed E-state index contributed by atoms with van der Waals surface area (Å²) >= 11 is 5.60. The molecule has 3 nitrogen and oxygen atoms in total. The molecule has 0 saturated carbocycles. The average Bonchev–Trinajstić information content (AvgIpc) is 2.15. The van der Waals surface area contributed by atoms with E-state index in [9.17, 15) is 13.2 Å². The molecule has 0 amide bonds. The van der Waals surface area contributed by atoms with Crippen LogP contribution in [0.3, 0.4) is 0 Å². The van der Waals surface area contributed by atoms with Gasteiger partial charge < -0.3 is 4.90 Å². The Bertz CT molecular complexity index is 368. The summed E-state index contributed by atoms with van der Waals surface area (Å²) in [6.45, 7) is 0.608. The Morgan fingerprint density at radius 2 is 2.06 bits per heavy atom. The van der Waals surface area contributed by atoms with Crippen LogP contribution < -0.4 is 4.90 Å². The topological polar surface area (TPSA) is 29.0 Å². The summed E-state index contributed by atoms with van der Waals surface area (Å²) in [6.07, 6.45) is -2.82. The summed E-state index contributed by atoms with van der Waals surface area (Å²) in [6, 6.07) is 0. The third-order valence-corrected chi connectivity index (χ3v) is 2.26. The van der Waals surface area contributed by atoms with E-state index in [1.807, 2.05) is 0 Å². The number of hydrogen-bond donors (Lipinski definition) is 0. The quantitative estimate of drug-likeness (QED) is 0.775. The summed E-state index contributed by atoms with van der Waals surface area (Å²) in [5, 5.41) is 0.